The van der Waals surface area contributed by atoms with Crippen molar-refractivity contribution in [3.8, 4) is 0 Å². The summed E-state index contributed by atoms with van der Waals surface area (Å²) in [6.07, 6.45) is 2.98. The Balaban J connectivity index is 0.00000154. The molecular weight excluding hydrogens is 264 g/mol. The highest BCUT2D eigenvalue weighted by Crippen LogP contribution is 2.06. The van der Waals surface area contributed by atoms with Gasteiger partial charge in [0.25, 0.3) is 11.5 Å². The van der Waals surface area contributed by atoms with Crippen LogP contribution in [0.4, 0.5) is 5.69 Å². The maximum atomic E-state index is 11.6. The molecule has 0 bridgehead atoms. The van der Waals surface area contributed by atoms with Crippen molar-refractivity contribution in [2.75, 3.05) is 5.32 Å². The number of pyridine rings is 1. The van der Waals surface area contributed by atoms with Crippen LogP contribution in [0.1, 0.15) is 6.92 Å². The van der Waals surface area contributed by atoms with Crippen LogP contribution in [0.25, 0.3) is 0 Å². The first-order valence-corrected chi connectivity index (χ1v) is 5.99. The topological polar surface area (TPSA) is 51.1 Å². The molecule has 0 fully saturated rings. The number of halogens is 1. The Hall–Kier alpha value is -2.07. The van der Waals surface area contributed by atoms with Gasteiger partial charge in [0.15, 0.2) is 0 Å². The minimum absolute atomic E-state index is 0.107. The molecule has 0 unspecified atom stereocenters. The first-order valence-electron chi connectivity index (χ1n) is 5.56. The quantitative estimate of drug-likeness (QED) is 0.524. The number of carbonyl (C=O) groups is 1. The van der Waals surface area contributed by atoms with Gasteiger partial charge in [-0.05, 0) is 19.1 Å². The zero-order chi connectivity index (χ0) is 14.8. The van der Waals surface area contributed by atoms with Crippen LogP contribution >= 0.6 is 11.6 Å². The Morgan fingerprint density at radius 2 is 2.11 bits per heavy atom. The Labute approximate surface area is 117 Å². The average Bonchev–Trinajstić information content (AvgIpc) is 2.43. The van der Waals surface area contributed by atoms with Crippen molar-refractivity contribution in [1.29, 1.82) is 0 Å². The number of anilines is 1. The zero-order valence-electron chi connectivity index (χ0n) is 10.9. The first kappa shape index (κ1) is 16.9. The third-order valence-electron chi connectivity index (χ3n) is 2.14. The van der Waals surface area contributed by atoms with Crippen molar-refractivity contribution < 1.29 is 4.79 Å². The van der Waals surface area contributed by atoms with E-state index in [0.717, 1.165) is 0 Å². The standard InChI is InChI=1S/C12H13ClN2O2.C2H4/c1-3-15-8-10(4-5-11(15)16)14-12(17)9(2)6-7-13;1-2/h4-8H,2-3H2,1H3,(H,14,17);1-2H2/b7-6+;. The number of hydrogen-bond donors (Lipinski definition) is 1. The number of carbonyl (C=O) groups excluding carboxylic acids is 1. The molecule has 0 saturated carbocycles. The third kappa shape index (κ3) is 5.40. The van der Waals surface area contributed by atoms with Gasteiger partial charge in [0.2, 0.25) is 0 Å². The highest BCUT2D eigenvalue weighted by atomic mass is 35.5. The number of amides is 1. The number of rotatable bonds is 4. The number of aromatic nitrogens is 1. The molecule has 102 valence electrons. The van der Waals surface area contributed by atoms with Crippen LogP contribution in [0.5, 0.6) is 0 Å². The summed E-state index contributed by atoms with van der Waals surface area (Å²) in [5, 5.41) is 2.62. The molecule has 1 heterocycles. The summed E-state index contributed by atoms with van der Waals surface area (Å²) < 4.78 is 1.50. The van der Waals surface area contributed by atoms with Crippen LogP contribution in [0.2, 0.25) is 0 Å². The predicted octanol–water partition coefficient (Wildman–Crippen LogP) is 2.92. The lowest BCUT2D eigenvalue weighted by atomic mass is 10.3. The van der Waals surface area contributed by atoms with E-state index in [1.807, 2.05) is 6.92 Å². The van der Waals surface area contributed by atoms with Gasteiger partial charge in [0, 0.05) is 29.9 Å². The Morgan fingerprint density at radius 1 is 1.47 bits per heavy atom. The van der Waals surface area contributed by atoms with Gasteiger partial charge < -0.3 is 9.88 Å². The maximum Gasteiger partial charge on any atom is 0.255 e. The molecule has 1 aromatic rings. The normalized spacial score (nSPS) is 9.58. The van der Waals surface area contributed by atoms with Crippen LogP contribution < -0.4 is 10.9 Å². The van der Waals surface area contributed by atoms with Crippen LogP contribution in [0.15, 0.2) is 60.0 Å². The first-order chi connectivity index (χ1) is 9.08. The lowest BCUT2D eigenvalue weighted by Crippen LogP contribution is -2.20. The minimum atomic E-state index is -0.358. The van der Waals surface area contributed by atoms with Crippen molar-refractivity contribution in [3.63, 3.8) is 0 Å². The van der Waals surface area contributed by atoms with Gasteiger partial charge in [0.05, 0.1) is 5.69 Å². The third-order valence-corrected chi connectivity index (χ3v) is 2.26. The molecule has 0 saturated heterocycles. The SMILES string of the molecule is C=C.C=C(/C=C/Cl)C(=O)Nc1ccc(=O)n(CC)c1. The van der Waals surface area contributed by atoms with E-state index in [9.17, 15) is 9.59 Å². The molecule has 0 aliphatic heterocycles. The fourth-order valence-corrected chi connectivity index (χ4v) is 1.37. The van der Waals surface area contributed by atoms with E-state index >= 15 is 0 Å². The fraction of sp³-hybridized carbons (Fsp3) is 0.143. The fourth-order valence-electron chi connectivity index (χ4n) is 1.22. The molecule has 1 rings (SSSR count). The lowest BCUT2D eigenvalue weighted by molar-refractivity contribution is -0.112. The van der Waals surface area contributed by atoms with Crippen molar-refractivity contribution in [2.24, 2.45) is 0 Å². The maximum absolute atomic E-state index is 11.6. The monoisotopic (exact) mass is 280 g/mol. The summed E-state index contributed by atoms with van der Waals surface area (Å²) in [6.45, 7) is 11.9. The zero-order valence-corrected chi connectivity index (χ0v) is 11.6. The van der Waals surface area contributed by atoms with E-state index in [0.29, 0.717) is 12.2 Å². The van der Waals surface area contributed by atoms with Gasteiger partial charge in [-0.3, -0.25) is 9.59 Å². The number of nitrogens with one attached hydrogen (secondary N) is 1. The van der Waals surface area contributed by atoms with Crippen molar-refractivity contribution in [2.45, 2.75) is 13.5 Å². The molecule has 0 aliphatic carbocycles. The van der Waals surface area contributed by atoms with E-state index in [1.54, 1.807) is 12.3 Å². The molecule has 1 amide bonds. The summed E-state index contributed by atoms with van der Waals surface area (Å²) in [5.74, 6) is -0.358. The lowest BCUT2D eigenvalue weighted by Gasteiger charge is -2.07. The van der Waals surface area contributed by atoms with Crippen molar-refractivity contribution in [3.05, 3.63) is 65.6 Å². The highest BCUT2D eigenvalue weighted by Gasteiger charge is 2.05. The second-order valence-electron chi connectivity index (χ2n) is 3.31. The molecule has 1 aromatic heterocycles. The molecule has 19 heavy (non-hydrogen) atoms. The summed E-state index contributed by atoms with van der Waals surface area (Å²) >= 11 is 5.35. The van der Waals surface area contributed by atoms with Gasteiger partial charge in [-0.2, -0.15) is 0 Å². The van der Waals surface area contributed by atoms with Crippen LogP contribution in [-0.4, -0.2) is 10.5 Å². The van der Waals surface area contributed by atoms with Gasteiger partial charge in [-0.15, -0.1) is 13.2 Å². The van der Waals surface area contributed by atoms with E-state index < -0.39 is 0 Å². The summed E-state index contributed by atoms with van der Waals surface area (Å²) in [7, 11) is 0. The smallest absolute Gasteiger partial charge is 0.255 e. The summed E-state index contributed by atoms with van der Waals surface area (Å²) in [5.41, 5.74) is 1.90. The molecule has 1 N–H and O–H groups in total. The molecule has 0 aromatic carbocycles. The van der Waals surface area contributed by atoms with E-state index in [-0.39, 0.29) is 17.0 Å². The van der Waals surface area contributed by atoms with Crippen molar-refractivity contribution in [1.82, 2.24) is 4.57 Å². The van der Waals surface area contributed by atoms with E-state index in [4.69, 9.17) is 11.6 Å². The number of aryl methyl sites for hydroxylation is 1. The predicted molar refractivity (Wildman–Crippen MR) is 80.4 cm³/mol. The van der Waals surface area contributed by atoms with Crippen LogP contribution in [0, 0.1) is 0 Å². The second-order valence-corrected chi connectivity index (χ2v) is 3.57. The second kappa shape index (κ2) is 8.94. The molecule has 5 heteroatoms. The Bertz CT molecular complexity index is 532. The van der Waals surface area contributed by atoms with Crippen LogP contribution in [-0.2, 0) is 11.3 Å². The highest BCUT2D eigenvalue weighted by molar-refractivity contribution is 6.26. The molecule has 4 nitrogen and oxygen atoms in total. The van der Waals surface area contributed by atoms with Gasteiger partial charge in [-0.1, -0.05) is 18.2 Å². The largest absolute Gasteiger partial charge is 0.321 e. The summed E-state index contributed by atoms with van der Waals surface area (Å²) in [4.78, 5) is 22.9. The molecule has 0 aliphatic rings. The molecule has 0 spiro atoms. The average molecular weight is 281 g/mol. The van der Waals surface area contributed by atoms with Gasteiger partial charge in [-0.25, -0.2) is 0 Å². The minimum Gasteiger partial charge on any atom is -0.321 e. The molecule has 0 atom stereocenters. The van der Waals surface area contributed by atoms with E-state index in [2.05, 4.69) is 25.1 Å². The summed E-state index contributed by atoms with van der Waals surface area (Å²) in [6, 6.07) is 2.95. The van der Waals surface area contributed by atoms with E-state index in [1.165, 1.54) is 22.2 Å². The molecule has 0 radical (unpaired) electrons. The van der Waals surface area contributed by atoms with Gasteiger partial charge in [0.1, 0.15) is 0 Å². The van der Waals surface area contributed by atoms with Gasteiger partial charge >= 0.3 is 0 Å². The number of hydrogen-bond acceptors (Lipinski definition) is 2. The van der Waals surface area contributed by atoms with Crippen LogP contribution in [0.3, 0.4) is 0 Å². The van der Waals surface area contributed by atoms with Crippen molar-refractivity contribution >= 4 is 23.2 Å². The Morgan fingerprint density at radius 3 is 2.63 bits per heavy atom. The number of nitrogens with zero attached hydrogens (tertiary/aromatic N) is 1. The molecular formula is C14H17ClN2O2. The Kier molecular flexibility index (Phi) is 7.97.